The molecule has 3 rings (SSSR count). The highest BCUT2D eigenvalue weighted by molar-refractivity contribution is 14.0. The highest BCUT2D eigenvalue weighted by Gasteiger charge is 2.26. The monoisotopic (exact) mass is 538 g/mol. The maximum Gasteiger partial charge on any atom is 0.291 e. The van der Waals surface area contributed by atoms with Crippen molar-refractivity contribution in [1.82, 2.24) is 10.6 Å². The van der Waals surface area contributed by atoms with Crippen molar-refractivity contribution in [3.63, 3.8) is 0 Å². The molecule has 1 aromatic carbocycles. The van der Waals surface area contributed by atoms with E-state index in [4.69, 9.17) is 8.83 Å². The Hall–Kier alpha value is -2.79. The minimum atomic E-state index is -1.16. The predicted molar refractivity (Wildman–Crippen MR) is 130 cm³/mol. The number of nitrogens with one attached hydrogen (secondary N) is 3. The van der Waals surface area contributed by atoms with Crippen LogP contribution in [-0.2, 0) is 12.1 Å². The Kier molecular flexibility index (Phi) is 9.13. The summed E-state index contributed by atoms with van der Waals surface area (Å²) in [4.78, 5) is 16.6. The van der Waals surface area contributed by atoms with Crippen LogP contribution in [-0.4, -0.2) is 30.1 Å². The summed E-state index contributed by atoms with van der Waals surface area (Å²) in [7, 11) is 0. The molecule has 0 aliphatic carbocycles. The Morgan fingerprint density at radius 1 is 1.06 bits per heavy atom. The standard InChI is InChI=1S/C22H26N4O4.HI/c1-3-23-21(25-15-22(2,28)19-7-5-13-30-19)24-14-16-8-10-17(11-9-16)26-20(27)18-6-4-12-29-18;/h4-13,28H,3,14-15H2,1-2H3,(H,26,27)(H2,23,24,25);1H. The number of carbonyl (C=O) groups excluding carboxylic acids is 1. The van der Waals surface area contributed by atoms with Crippen molar-refractivity contribution < 1.29 is 18.7 Å². The average molecular weight is 538 g/mol. The normalized spacial score (nSPS) is 13.1. The first kappa shape index (κ1) is 24.5. The third-order valence-corrected chi connectivity index (χ3v) is 4.37. The van der Waals surface area contributed by atoms with Crippen LogP contribution in [0.25, 0.3) is 0 Å². The Bertz CT molecular complexity index is 952. The first-order valence-electron chi connectivity index (χ1n) is 9.70. The lowest BCUT2D eigenvalue weighted by Crippen LogP contribution is -2.44. The van der Waals surface area contributed by atoms with Gasteiger partial charge >= 0.3 is 0 Å². The summed E-state index contributed by atoms with van der Waals surface area (Å²) in [6, 6.07) is 14.2. The van der Waals surface area contributed by atoms with Crippen LogP contribution in [0.5, 0.6) is 0 Å². The van der Waals surface area contributed by atoms with Gasteiger partial charge in [0.25, 0.3) is 5.91 Å². The molecule has 0 bridgehead atoms. The van der Waals surface area contributed by atoms with Gasteiger partial charge in [0.2, 0.25) is 0 Å². The van der Waals surface area contributed by atoms with Crippen LogP contribution in [0.15, 0.2) is 74.9 Å². The molecule has 0 saturated heterocycles. The minimum absolute atomic E-state index is 0. The zero-order valence-corrected chi connectivity index (χ0v) is 19.8. The number of nitrogens with zero attached hydrogens (tertiary/aromatic N) is 1. The molecule has 2 heterocycles. The van der Waals surface area contributed by atoms with Crippen LogP contribution in [0.4, 0.5) is 5.69 Å². The van der Waals surface area contributed by atoms with Gasteiger partial charge in [0.1, 0.15) is 11.4 Å². The molecule has 2 aromatic heterocycles. The fraction of sp³-hybridized carbons (Fsp3) is 0.273. The van der Waals surface area contributed by atoms with Crippen LogP contribution in [0, 0.1) is 0 Å². The van der Waals surface area contributed by atoms with E-state index in [0.717, 1.165) is 5.56 Å². The Morgan fingerprint density at radius 3 is 2.39 bits per heavy atom. The number of carbonyl (C=O) groups is 1. The summed E-state index contributed by atoms with van der Waals surface area (Å²) in [5, 5.41) is 19.6. The van der Waals surface area contributed by atoms with Crippen LogP contribution < -0.4 is 16.0 Å². The van der Waals surface area contributed by atoms with Crippen molar-refractivity contribution >= 4 is 41.5 Å². The van der Waals surface area contributed by atoms with Crippen LogP contribution in [0.3, 0.4) is 0 Å². The van der Waals surface area contributed by atoms with E-state index in [1.165, 1.54) is 12.5 Å². The Balaban J connectivity index is 0.00000341. The van der Waals surface area contributed by atoms with Gasteiger partial charge in [-0.15, -0.1) is 24.0 Å². The van der Waals surface area contributed by atoms with Crippen molar-refractivity contribution in [2.24, 2.45) is 4.99 Å². The van der Waals surface area contributed by atoms with E-state index >= 15 is 0 Å². The smallest absolute Gasteiger partial charge is 0.291 e. The van der Waals surface area contributed by atoms with E-state index in [0.29, 0.717) is 30.5 Å². The number of hydrogen-bond donors (Lipinski definition) is 4. The molecule has 4 N–H and O–H groups in total. The predicted octanol–water partition coefficient (Wildman–Crippen LogP) is 3.71. The van der Waals surface area contributed by atoms with Crippen molar-refractivity contribution in [3.8, 4) is 0 Å². The van der Waals surface area contributed by atoms with Gasteiger partial charge in [-0.3, -0.25) is 4.79 Å². The molecule has 9 heteroatoms. The molecule has 8 nitrogen and oxygen atoms in total. The molecule has 1 atom stereocenters. The van der Waals surface area contributed by atoms with E-state index in [2.05, 4.69) is 20.9 Å². The maximum atomic E-state index is 12.0. The van der Waals surface area contributed by atoms with Gasteiger partial charge in [0.15, 0.2) is 11.7 Å². The van der Waals surface area contributed by atoms with Gasteiger partial charge in [-0.1, -0.05) is 12.1 Å². The molecule has 3 aromatic rings. The minimum Gasteiger partial charge on any atom is -0.466 e. The van der Waals surface area contributed by atoms with Gasteiger partial charge < -0.3 is 29.9 Å². The van der Waals surface area contributed by atoms with Gasteiger partial charge in [-0.2, -0.15) is 0 Å². The molecule has 0 saturated carbocycles. The first-order chi connectivity index (χ1) is 14.5. The SMILES string of the molecule is CCNC(=NCc1ccc(NC(=O)c2ccco2)cc1)NCC(C)(O)c1ccco1.I. The molecule has 31 heavy (non-hydrogen) atoms. The summed E-state index contributed by atoms with van der Waals surface area (Å²) in [5.41, 5.74) is 0.484. The molecule has 0 fully saturated rings. The molecule has 0 radical (unpaired) electrons. The molecular weight excluding hydrogens is 511 g/mol. The van der Waals surface area contributed by atoms with E-state index in [9.17, 15) is 9.90 Å². The lowest BCUT2D eigenvalue weighted by Gasteiger charge is -2.22. The molecule has 1 unspecified atom stereocenters. The number of halogens is 1. The molecule has 166 valence electrons. The number of hydrogen-bond acceptors (Lipinski definition) is 5. The number of rotatable bonds is 8. The summed E-state index contributed by atoms with van der Waals surface area (Å²) < 4.78 is 10.4. The fourth-order valence-corrected chi connectivity index (χ4v) is 2.73. The number of benzene rings is 1. The maximum absolute atomic E-state index is 12.0. The number of guanidine groups is 1. The molecule has 1 amide bonds. The highest BCUT2D eigenvalue weighted by Crippen LogP contribution is 2.19. The van der Waals surface area contributed by atoms with Crippen molar-refractivity contribution in [2.75, 3.05) is 18.4 Å². The second kappa shape index (κ2) is 11.6. The van der Waals surface area contributed by atoms with Crippen LogP contribution >= 0.6 is 24.0 Å². The number of aliphatic hydroxyl groups is 1. The number of anilines is 1. The summed E-state index contributed by atoms with van der Waals surface area (Å²) in [5.74, 6) is 1.03. The average Bonchev–Trinajstić information content (AvgIpc) is 3.46. The summed E-state index contributed by atoms with van der Waals surface area (Å²) in [6.07, 6.45) is 2.99. The summed E-state index contributed by atoms with van der Waals surface area (Å²) in [6.45, 7) is 5.01. The second-order valence-electron chi connectivity index (χ2n) is 6.93. The molecule has 0 aliphatic heterocycles. The Labute approximate surface area is 198 Å². The van der Waals surface area contributed by atoms with E-state index in [1.54, 1.807) is 31.2 Å². The topological polar surface area (TPSA) is 112 Å². The second-order valence-corrected chi connectivity index (χ2v) is 6.93. The van der Waals surface area contributed by atoms with E-state index < -0.39 is 5.60 Å². The zero-order chi connectivity index (χ0) is 21.4. The lowest BCUT2D eigenvalue weighted by atomic mass is 10.0. The third kappa shape index (κ3) is 7.14. The van der Waals surface area contributed by atoms with Gasteiger partial charge in [0, 0.05) is 12.2 Å². The van der Waals surface area contributed by atoms with Crippen LogP contribution in [0.1, 0.15) is 35.7 Å². The third-order valence-electron chi connectivity index (χ3n) is 4.37. The van der Waals surface area contributed by atoms with Gasteiger partial charge in [0.05, 0.1) is 25.6 Å². The number of amides is 1. The lowest BCUT2D eigenvalue weighted by molar-refractivity contribution is 0.0386. The summed E-state index contributed by atoms with van der Waals surface area (Å²) >= 11 is 0. The number of aliphatic imine (C=N–C) groups is 1. The van der Waals surface area contributed by atoms with Crippen molar-refractivity contribution in [1.29, 1.82) is 0 Å². The zero-order valence-electron chi connectivity index (χ0n) is 17.4. The largest absolute Gasteiger partial charge is 0.466 e. The first-order valence-corrected chi connectivity index (χ1v) is 9.70. The molecule has 0 aliphatic rings. The van der Waals surface area contributed by atoms with Gasteiger partial charge in [-0.25, -0.2) is 4.99 Å². The van der Waals surface area contributed by atoms with Crippen molar-refractivity contribution in [3.05, 3.63) is 78.1 Å². The van der Waals surface area contributed by atoms with E-state index in [1.807, 2.05) is 31.2 Å². The van der Waals surface area contributed by atoms with Gasteiger partial charge in [-0.05, 0) is 55.8 Å². The fourth-order valence-electron chi connectivity index (χ4n) is 2.73. The molecular formula is C22H27IN4O4. The van der Waals surface area contributed by atoms with Crippen LogP contribution in [0.2, 0.25) is 0 Å². The molecule has 0 spiro atoms. The number of furan rings is 2. The highest BCUT2D eigenvalue weighted by atomic mass is 127. The Morgan fingerprint density at radius 2 is 1.77 bits per heavy atom. The van der Waals surface area contributed by atoms with Crippen molar-refractivity contribution in [2.45, 2.75) is 26.0 Å². The van der Waals surface area contributed by atoms with E-state index in [-0.39, 0.29) is 42.2 Å². The quantitative estimate of drug-likeness (QED) is 0.198.